The summed E-state index contributed by atoms with van der Waals surface area (Å²) in [7, 11) is 0. The molecule has 0 aliphatic rings. The van der Waals surface area contributed by atoms with E-state index in [1.165, 1.54) is 70.8 Å². The number of nitrogens with zero attached hydrogens (tertiary/aromatic N) is 1. The molecule has 0 aliphatic carbocycles. The Morgan fingerprint density at radius 2 is 0.615 bits per heavy atom. The largest absolute Gasteiger partial charge is 0.455 e. The zero-order valence-corrected chi connectivity index (χ0v) is 35.0. The van der Waals surface area contributed by atoms with Crippen LogP contribution in [0, 0.1) is 0 Å². The Balaban J connectivity index is 1.07. The summed E-state index contributed by atoms with van der Waals surface area (Å²) in [5, 5.41) is 14.1. The lowest BCUT2D eigenvalue weighted by Crippen LogP contribution is -1.89. The molecule has 0 unspecified atom stereocenters. The van der Waals surface area contributed by atoms with E-state index in [-0.39, 0.29) is 0 Å². The zero-order chi connectivity index (χ0) is 42.3. The standard InChI is InChI=1S/C62H35NO2/c1-3-16-36(17-4-1)42-24-11-26-44-46-28-13-32-50(61(46)64-59(42)44)54-40-22-9-7-20-38(40)34-52-56(54)48-30-15-31-49-57-53(63(52)58(48)49)35-39-21-8-10-23-41(39)55(57)51-33-14-29-47-45-27-12-25-43(60(45)65-62(47)51)37-18-5-2-6-19-37/h1-35H. The van der Waals surface area contributed by atoms with Gasteiger partial charge in [0, 0.05) is 76.5 Å². The normalized spacial score (nSPS) is 12.3. The fraction of sp³-hybridized carbons (Fsp3) is 0. The molecular weight excluding hydrogens is 791 g/mol. The highest BCUT2D eigenvalue weighted by atomic mass is 16.3. The Hall–Kier alpha value is -8.66. The average molecular weight is 826 g/mol. The van der Waals surface area contributed by atoms with E-state index >= 15 is 0 Å². The van der Waals surface area contributed by atoms with Crippen molar-refractivity contribution in [3.05, 3.63) is 212 Å². The highest BCUT2D eigenvalue weighted by Gasteiger charge is 2.27. The molecule has 0 saturated heterocycles. The lowest BCUT2D eigenvalue weighted by Gasteiger charge is -2.13. The molecule has 4 aromatic heterocycles. The van der Waals surface area contributed by atoms with Crippen LogP contribution in [0.3, 0.4) is 0 Å². The third kappa shape index (κ3) is 4.68. The smallest absolute Gasteiger partial charge is 0.143 e. The third-order valence-corrected chi connectivity index (χ3v) is 14.1. The minimum atomic E-state index is 0.903. The van der Waals surface area contributed by atoms with Gasteiger partial charge in [-0.25, -0.2) is 0 Å². The monoisotopic (exact) mass is 825 g/mol. The molecule has 0 aliphatic heterocycles. The summed E-state index contributed by atoms with van der Waals surface area (Å²) in [5.74, 6) is 0. The van der Waals surface area contributed by atoms with Crippen LogP contribution in [-0.4, -0.2) is 4.40 Å². The fourth-order valence-electron chi connectivity index (χ4n) is 11.4. The van der Waals surface area contributed by atoms with Gasteiger partial charge in [-0.2, -0.15) is 0 Å². The number of fused-ring (bicyclic) bond motifs is 14. The number of hydrogen-bond donors (Lipinski definition) is 0. The first kappa shape index (κ1) is 34.9. The molecule has 0 bridgehead atoms. The lowest BCUT2D eigenvalue weighted by atomic mass is 9.90. The van der Waals surface area contributed by atoms with Gasteiger partial charge < -0.3 is 13.2 Å². The number of rotatable bonds is 4. The van der Waals surface area contributed by atoms with E-state index < -0.39 is 0 Å². The molecule has 3 nitrogen and oxygen atoms in total. The lowest BCUT2D eigenvalue weighted by molar-refractivity contribution is 0.671. The highest BCUT2D eigenvalue weighted by Crippen LogP contribution is 2.52. The van der Waals surface area contributed by atoms with Gasteiger partial charge in [-0.05, 0) is 44.8 Å². The molecular formula is C62H35NO2. The van der Waals surface area contributed by atoms with Crippen molar-refractivity contribution in [3.8, 4) is 44.5 Å². The maximum atomic E-state index is 7.12. The number of hydrogen-bond acceptors (Lipinski definition) is 2. The van der Waals surface area contributed by atoms with E-state index in [0.717, 1.165) is 77.3 Å². The van der Waals surface area contributed by atoms with Crippen LogP contribution in [0.1, 0.15) is 0 Å². The van der Waals surface area contributed by atoms with Crippen molar-refractivity contribution in [3.63, 3.8) is 0 Å². The van der Waals surface area contributed by atoms with Crippen LogP contribution < -0.4 is 0 Å². The minimum absolute atomic E-state index is 0.903. The summed E-state index contributed by atoms with van der Waals surface area (Å²) in [6.07, 6.45) is 0. The molecule has 0 spiro atoms. The summed E-state index contributed by atoms with van der Waals surface area (Å²) >= 11 is 0. The molecule has 0 fully saturated rings. The number of aromatic nitrogens is 1. The Morgan fingerprint density at radius 1 is 0.277 bits per heavy atom. The Morgan fingerprint density at radius 3 is 1.06 bits per heavy atom. The van der Waals surface area contributed by atoms with E-state index in [0.29, 0.717) is 0 Å². The Kier molecular flexibility index (Phi) is 6.95. The summed E-state index contributed by atoms with van der Waals surface area (Å²) in [6.45, 7) is 0. The van der Waals surface area contributed by atoms with Gasteiger partial charge >= 0.3 is 0 Å². The molecule has 0 atom stereocenters. The number of furan rings is 2. The first-order chi connectivity index (χ1) is 32.3. The summed E-state index contributed by atoms with van der Waals surface area (Å²) in [6, 6.07) is 76.8. The predicted molar refractivity (Wildman–Crippen MR) is 272 cm³/mol. The van der Waals surface area contributed by atoms with Gasteiger partial charge in [0.15, 0.2) is 0 Å². The topological polar surface area (TPSA) is 30.7 Å². The van der Waals surface area contributed by atoms with Gasteiger partial charge in [-0.15, -0.1) is 0 Å². The maximum Gasteiger partial charge on any atom is 0.143 e. The van der Waals surface area contributed by atoms with Crippen LogP contribution in [0.15, 0.2) is 221 Å². The van der Waals surface area contributed by atoms with Gasteiger partial charge in [-0.3, -0.25) is 0 Å². The molecule has 15 aromatic rings. The maximum absolute atomic E-state index is 7.12. The Bertz CT molecular complexity index is 4170. The first-order valence-corrected chi connectivity index (χ1v) is 22.3. The predicted octanol–water partition coefficient (Wildman–Crippen LogP) is 17.6. The van der Waals surface area contributed by atoms with Crippen molar-refractivity contribution in [2.75, 3.05) is 0 Å². The molecule has 0 N–H and O–H groups in total. The van der Waals surface area contributed by atoms with Crippen molar-refractivity contribution in [2.24, 2.45) is 0 Å². The number of para-hydroxylation sites is 5. The molecule has 15 rings (SSSR count). The van der Waals surface area contributed by atoms with E-state index in [1.54, 1.807) is 0 Å². The second-order valence-electron chi connectivity index (χ2n) is 17.4. The van der Waals surface area contributed by atoms with Gasteiger partial charge in [-0.1, -0.05) is 200 Å². The van der Waals surface area contributed by atoms with Crippen molar-refractivity contribution in [2.45, 2.75) is 0 Å². The molecule has 65 heavy (non-hydrogen) atoms. The molecule has 3 heteroatoms. The average Bonchev–Trinajstić information content (AvgIpc) is 4.13. The van der Waals surface area contributed by atoms with Crippen LogP contribution >= 0.6 is 0 Å². The van der Waals surface area contributed by atoms with Crippen molar-refractivity contribution in [1.29, 1.82) is 0 Å². The van der Waals surface area contributed by atoms with Crippen molar-refractivity contribution >= 4 is 104 Å². The Labute approximate surface area is 371 Å². The molecule has 4 heterocycles. The van der Waals surface area contributed by atoms with Gasteiger partial charge in [0.1, 0.15) is 22.3 Å². The van der Waals surface area contributed by atoms with E-state index in [1.807, 2.05) is 0 Å². The van der Waals surface area contributed by atoms with E-state index in [4.69, 9.17) is 8.83 Å². The van der Waals surface area contributed by atoms with E-state index in [2.05, 4.69) is 217 Å². The highest BCUT2D eigenvalue weighted by molar-refractivity contribution is 6.34. The van der Waals surface area contributed by atoms with E-state index in [9.17, 15) is 0 Å². The van der Waals surface area contributed by atoms with Gasteiger partial charge in [0.05, 0.1) is 16.6 Å². The SMILES string of the molecule is c1ccc(-c2cccc3c2oc2c(-c4c5ccccc5cc5c4c4cccc6c7c(-c8cccc9c8oc8c(-c%10ccccc%10)cccc89)c8ccccc8cc7n5c46)cccc23)cc1. The molecule has 300 valence electrons. The third-order valence-electron chi connectivity index (χ3n) is 14.1. The van der Waals surface area contributed by atoms with Crippen LogP contribution in [0.25, 0.3) is 148 Å². The molecule has 0 radical (unpaired) electrons. The van der Waals surface area contributed by atoms with Crippen molar-refractivity contribution in [1.82, 2.24) is 4.40 Å². The van der Waals surface area contributed by atoms with Crippen LogP contribution in [-0.2, 0) is 0 Å². The second-order valence-corrected chi connectivity index (χ2v) is 17.4. The summed E-state index contributed by atoms with van der Waals surface area (Å²) in [5.41, 5.74) is 16.2. The second kappa shape index (κ2) is 12.9. The summed E-state index contributed by atoms with van der Waals surface area (Å²) < 4.78 is 16.8. The van der Waals surface area contributed by atoms with Gasteiger partial charge in [0.2, 0.25) is 0 Å². The zero-order valence-electron chi connectivity index (χ0n) is 35.0. The van der Waals surface area contributed by atoms with Gasteiger partial charge in [0.25, 0.3) is 0 Å². The van der Waals surface area contributed by atoms with Crippen LogP contribution in [0.4, 0.5) is 0 Å². The quantitative estimate of drug-likeness (QED) is 0.177. The molecule has 11 aromatic carbocycles. The van der Waals surface area contributed by atoms with Crippen molar-refractivity contribution < 1.29 is 8.83 Å². The minimum Gasteiger partial charge on any atom is -0.455 e. The summed E-state index contributed by atoms with van der Waals surface area (Å²) in [4.78, 5) is 0. The first-order valence-electron chi connectivity index (χ1n) is 22.3. The molecule has 0 saturated carbocycles. The molecule has 0 amide bonds. The fourth-order valence-corrected chi connectivity index (χ4v) is 11.4. The van der Waals surface area contributed by atoms with Crippen LogP contribution in [0.5, 0.6) is 0 Å². The van der Waals surface area contributed by atoms with Crippen LogP contribution in [0.2, 0.25) is 0 Å². The number of benzene rings is 11.